The van der Waals surface area contributed by atoms with Gasteiger partial charge in [0.15, 0.2) is 0 Å². The molecule has 93 valence electrons. The maximum Gasteiger partial charge on any atom is -0.0162 e. The van der Waals surface area contributed by atoms with Crippen LogP contribution in [0, 0.1) is 6.92 Å². The Morgan fingerprint density at radius 1 is 0.889 bits per heavy atom. The van der Waals surface area contributed by atoms with Crippen LogP contribution in [-0.4, -0.2) is 0 Å². The summed E-state index contributed by atoms with van der Waals surface area (Å²) in [5.74, 6) is 0.426. The van der Waals surface area contributed by atoms with Gasteiger partial charge in [-0.15, -0.1) is 0 Å². The van der Waals surface area contributed by atoms with E-state index in [1.807, 2.05) is 0 Å². The predicted molar refractivity (Wildman–Crippen MR) is 79.5 cm³/mol. The van der Waals surface area contributed by atoms with Crippen molar-refractivity contribution in [3.63, 3.8) is 0 Å². The highest BCUT2D eigenvalue weighted by atomic mass is 14.1. The Morgan fingerprint density at radius 3 is 2.11 bits per heavy atom. The normalized spacial score (nSPS) is 12.3. The Bertz CT molecular complexity index is 453. The number of hydrogen-bond donors (Lipinski definition) is 0. The summed E-state index contributed by atoms with van der Waals surface area (Å²) in [6.07, 6.45) is 3.68. The van der Waals surface area contributed by atoms with E-state index in [4.69, 9.17) is 0 Å². The lowest BCUT2D eigenvalue weighted by Gasteiger charge is -2.11. The van der Waals surface area contributed by atoms with Crippen LogP contribution in [0.25, 0.3) is 11.1 Å². The first-order valence-electron chi connectivity index (χ1n) is 6.79. The molecule has 2 aromatic rings. The fourth-order valence-electron chi connectivity index (χ4n) is 2.20. The maximum atomic E-state index is 4.25. The molecule has 18 heavy (non-hydrogen) atoms. The van der Waals surface area contributed by atoms with Gasteiger partial charge in [0.25, 0.3) is 0 Å². The molecule has 1 atom stereocenters. The lowest BCUT2D eigenvalue weighted by molar-refractivity contribution is 0.661. The largest absolute Gasteiger partial charge is 0.0654 e. The zero-order valence-electron chi connectivity index (χ0n) is 11.1. The van der Waals surface area contributed by atoms with Crippen LogP contribution in [0.4, 0.5) is 0 Å². The molecule has 0 bridgehead atoms. The van der Waals surface area contributed by atoms with Crippen LogP contribution in [-0.2, 0) is 0 Å². The second kappa shape index (κ2) is 6.39. The first kappa shape index (κ1) is 12.9. The van der Waals surface area contributed by atoms with Gasteiger partial charge in [-0.05, 0) is 36.0 Å². The summed E-state index contributed by atoms with van der Waals surface area (Å²) in [6, 6.07) is 19.3. The third kappa shape index (κ3) is 3.22. The van der Waals surface area contributed by atoms with Gasteiger partial charge in [-0.25, -0.2) is 0 Å². The summed E-state index contributed by atoms with van der Waals surface area (Å²) in [5, 5.41) is 0. The SMILES string of the molecule is [CH2]C(CCCC)c1ccc(-c2ccccc2)cc1. The molecule has 0 fully saturated rings. The minimum atomic E-state index is 0.426. The Hall–Kier alpha value is -1.56. The zero-order valence-corrected chi connectivity index (χ0v) is 11.1. The van der Waals surface area contributed by atoms with E-state index in [0.29, 0.717) is 5.92 Å². The Morgan fingerprint density at radius 2 is 1.50 bits per heavy atom. The third-order valence-electron chi connectivity index (χ3n) is 3.40. The van der Waals surface area contributed by atoms with Gasteiger partial charge in [0.05, 0.1) is 0 Å². The molecule has 0 amide bonds. The van der Waals surface area contributed by atoms with Crippen LogP contribution >= 0.6 is 0 Å². The van der Waals surface area contributed by atoms with Gasteiger partial charge in [-0.1, -0.05) is 74.4 Å². The lowest BCUT2D eigenvalue weighted by Crippen LogP contribution is -1.93. The quantitative estimate of drug-likeness (QED) is 0.647. The highest BCUT2D eigenvalue weighted by Gasteiger charge is 2.05. The minimum Gasteiger partial charge on any atom is -0.0654 e. The average molecular weight is 237 g/mol. The molecular formula is C18H21. The van der Waals surface area contributed by atoms with Crippen molar-refractivity contribution in [3.8, 4) is 11.1 Å². The van der Waals surface area contributed by atoms with E-state index in [1.165, 1.54) is 36.0 Å². The first-order valence-corrected chi connectivity index (χ1v) is 6.79. The Balaban J connectivity index is 2.10. The maximum absolute atomic E-state index is 4.25. The van der Waals surface area contributed by atoms with Gasteiger partial charge in [0, 0.05) is 0 Å². The standard InChI is InChI=1S/C18H21/c1-3-4-8-15(2)16-11-13-18(14-12-16)17-9-6-5-7-10-17/h5-7,9-15H,2-4,8H2,1H3. The average Bonchev–Trinajstić information content (AvgIpc) is 2.46. The summed E-state index contributed by atoms with van der Waals surface area (Å²) < 4.78 is 0. The van der Waals surface area contributed by atoms with Crippen molar-refractivity contribution in [1.82, 2.24) is 0 Å². The van der Waals surface area contributed by atoms with Crippen LogP contribution in [0.15, 0.2) is 54.6 Å². The molecule has 0 saturated heterocycles. The van der Waals surface area contributed by atoms with E-state index >= 15 is 0 Å². The Kier molecular flexibility index (Phi) is 4.58. The van der Waals surface area contributed by atoms with Gasteiger partial charge in [-0.3, -0.25) is 0 Å². The van der Waals surface area contributed by atoms with Crippen LogP contribution < -0.4 is 0 Å². The van der Waals surface area contributed by atoms with Gasteiger partial charge in [0.2, 0.25) is 0 Å². The zero-order chi connectivity index (χ0) is 12.8. The fourth-order valence-corrected chi connectivity index (χ4v) is 2.20. The van der Waals surface area contributed by atoms with E-state index in [9.17, 15) is 0 Å². The van der Waals surface area contributed by atoms with Gasteiger partial charge < -0.3 is 0 Å². The molecule has 0 nitrogen and oxygen atoms in total. The van der Waals surface area contributed by atoms with E-state index in [-0.39, 0.29) is 0 Å². The molecule has 0 aliphatic heterocycles. The second-order valence-corrected chi connectivity index (χ2v) is 4.83. The third-order valence-corrected chi connectivity index (χ3v) is 3.40. The van der Waals surface area contributed by atoms with Crippen LogP contribution in [0.1, 0.15) is 37.7 Å². The monoisotopic (exact) mass is 237 g/mol. The molecule has 2 rings (SSSR count). The molecule has 0 saturated carbocycles. The highest BCUT2D eigenvalue weighted by Crippen LogP contribution is 2.25. The van der Waals surface area contributed by atoms with Gasteiger partial charge >= 0.3 is 0 Å². The van der Waals surface area contributed by atoms with E-state index in [1.54, 1.807) is 0 Å². The smallest absolute Gasteiger partial charge is 0.0162 e. The fraction of sp³-hybridized carbons (Fsp3) is 0.278. The molecule has 0 aromatic heterocycles. The van der Waals surface area contributed by atoms with Crippen LogP contribution in [0.5, 0.6) is 0 Å². The molecule has 0 aliphatic carbocycles. The van der Waals surface area contributed by atoms with Gasteiger partial charge in [-0.2, -0.15) is 0 Å². The van der Waals surface area contributed by atoms with Crippen molar-refractivity contribution in [2.24, 2.45) is 0 Å². The number of hydrogen-bond acceptors (Lipinski definition) is 0. The minimum absolute atomic E-state index is 0.426. The molecule has 0 heteroatoms. The van der Waals surface area contributed by atoms with Crippen molar-refractivity contribution in [2.45, 2.75) is 32.1 Å². The van der Waals surface area contributed by atoms with E-state index in [0.717, 1.165) is 0 Å². The number of rotatable bonds is 5. The molecule has 0 heterocycles. The summed E-state index contributed by atoms with van der Waals surface area (Å²) in [4.78, 5) is 0. The summed E-state index contributed by atoms with van der Waals surface area (Å²) in [5.41, 5.74) is 3.91. The van der Waals surface area contributed by atoms with Crippen molar-refractivity contribution in [1.29, 1.82) is 0 Å². The molecule has 0 N–H and O–H groups in total. The molecule has 2 aromatic carbocycles. The molecule has 0 spiro atoms. The van der Waals surface area contributed by atoms with Crippen molar-refractivity contribution >= 4 is 0 Å². The predicted octanol–water partition coefficient (Wildman–Crippen LogP) is 5.46. The molecule has 1 radical (unpaired) electrons. The van der Waals surface area contributed by atoms with Crippen LogP contribution in [0.2, 0.25) is 0 Å². The summed E-state index contributed by atoms with van der Waals surface area (Å²) in [6.45, 7) is 6.48. The van der Waals surface area contributed by atoms with Gasteiger partial charge in [0.1, 0.15) is 0 Å². The van der Waals surface area contributed by atoms with Crippen molar-refractivity contribution in [3.05, 3.63) is 67.1 Å². The highest BCUT2D eigenvalue weighted by molar-refractivity contribution is 5.63. The lowest BCUT2D eigenvalue weighted by atomic mass is 9.94. The van der Waals surface area contributed by atoms with Crippen LogP contribution in [0.3, 0.4) is 0 Å². The molecule has 0 aliphatic rings. The molecule has 1 unspecified atom stereocenters. The van der Waals surface area contributed by atoms with E-state index < -0.39 is 0 Å². The Labute approximate surface area is 111 Å². The molecular weight excluding hydrogens is 216 g/mol. The van der Waals surface area contributed by atoms with E-state index in [2.05, 4.69) is 68.4 Å². The summed E-state index contributed by atoms with van der Waals surface area (Å²) >= 11 is 0. The first-order chi connectivity index (χ1) is 8.81. The second-order valence-electron chi connectivity index (χ2n) is 4.83. The summed E-state index contributed by atoms with van der Waals surface area (Å²) in [7, 11) is 0. The topological polar surface area (TPSA) is 0 Å². The van der Waals surface area contributed by atoms with Crippen molar-refractivity contribution in [2.75, 3.05) is 0 Å². The number of unbranched alkanes of at least 4 members (excludes halogenated alkanes) is 1. The number of benzene rings is 2. The van der Waals surface area contributed by atoms with Crippen molar-refractivity contribution < 1.29 is 0 Å².